The van der Waals surface area contributed by atoms with Crippen LogP contribution in [-0.2, 0) is 0 Å². The number of benzene rings is 1. The highest BCUT2D eigenvalue weighted by atomic mass is 19.1. The zero-order valence-corrected chi connectivity index (χ0v) is 6.37. The van der Waals surface area contributed by atoms with E-state index in [1.807, 2.05) is 0 Å². The van der Waals surface area contributed by atoms with E-state index in [4.69, 9.17) is 10.2 Å². The number of aromatic hydroxyl groups is 1. The summed E-state index contributed by atoms with van der Waals surface area (Å²) in [4.78, 5) is 0. The maximum atomic E-state index is 12.7. The van der Waals surface area contributed by atoms with Gasteiger partial charge in [0.1, 0.15) is 0 Å². The van der Waals surface area contributed by atoms with Gasteiger partial charge in [0.2, 0.25) is 0 Å². The fourth-order valence-corrected chi connectivity index (χ4v) is 0.816. The molecule has 0 amide bonds. The Morgan fingerprint density at radius 2 is 2.17 bits per heavy atom. The van der Waals surface area contributed by atoms with Gasteiger partial charge >= 0.3 is 0 Å². The zero-order valence-electron chi connectivity index (χ0n) is 6.37. The molecule has 0 bridgehead atoms. The van der Waals surface area contributed by atoms with Crippen molar-refractivity contribution in [1.29, 1.82) is 0 Å². The topological polar surface area (TPSA) is 40.5 Å². The van der Waals surface area contributed by atoms with E-state index in [0.29, 0.717) is 5.56 Å². The largest absolute Gasteiger partial charge is 0.505 e. The second-order valence-electron chi connectivity index (χ2n) is 2.30. The Morgan fingerprint density at radius 1 is 1.42 bits per heavy atom. The third kappa shape index (κ3) is 2.07. The van der Waals surface area contributed by atoms with Crippen LogP contribution in [0.15, 0.2) is 24.3 Å². The van der Waals surface area contributed by atoms with Gasteiger partial charge in [-0.25, -0.2) is 4.39 Å². The highest BCUT2D eigenvalue weighted by Gasteiger charge is 1.97. The number of aliphatic hydroxyl groups is 1. The van der Waals surface area contributed by atoms with Crippen LogP contribution in [0.1, 0.15) is 5.56 Å². The molecular weight excluding hydrogens is 159 g/mol. The first-order valence-corrected chi connectivity index (χ1v) is 3.50. The van der Waals surface area contributed by atoms with E-state index in [-0.39, 0.29) is 12.4 Å². The van der Waals surface area contributed by atoms with E-state index < -0.39 is 5.82 Å². The molecule has 12 heavy (non-hydrogen) atoms. The maximum absolute atomic E-state index is 12.7. The number of hydrogen-bond donors (Lipinski definition) is 2. The van der Waals surface area contributed by atoms with Gasteiger partial charge in [-0.15, -0.1) is 0 Å². The first-order valence-electron chi connectivity index (χ1n) is 3.50. The molecule has 0 spiro atoms. The van der Waals surface area contributed by atoms with Gasteiger partial charge in [0.25, 0.3) is 0 Å². The summed E-state index contributed by atoms with van der Waals surface area (Å²) < 4.78 is 12.7. The molecule has 0 saturated heterocycles. The first kappa shape index (κ1) is 8.74. The van der Waals surface area contributed by atoms with Crippen LogP contribution in [0.2, 0.25) is 0 Å². The molecule has 0 heterocycles. The average molecular weight is 168 g/mol. The summed E-state index contributed by atoms with van der Waals surface area (Å²) in [6.45, 7) is -0.0809. The van der Waals surface area contributed by atoms with Crippen LogP contribution in [0.5, 0.6) is 5.75 Å². The van der Waals surface area contributed by atoms with Crippen LogP contribution >= 0.6 is 0 Å². The van der Waals surface area contributed by atoms with Gasteiger partial charge in [0.15, 0.2) is 11.6 Å². The molecule has 0 radical (unpaired) electrons. The Kier molecular flexibility index (Phi) is 2.82. The lowest BCUT2D eigenvalue weighted by Crippen LogP contribution is -1.79. The first-order chi connectivity index (χ1) is 5.74. The van der Waals surface area contributed by atoms with Crippen LogP contribution in [0, 0.1) is 5.82 Å². The van der Waals surface area contributed by atoms with E-state index >= 15 is 0 Å². The van der Waals surface area contributed by atoms with E-state index in [1.54, 1.807) is 12.1 Å². The van der Waals surface area contributed by atoms with Crippen LogP contribution in [0.3, 0.4) is 0 Å². The molecule has 3 heteroatoms. The molecule has 0 aromatic heterocycles. The number of halogens is 1. The lowest BCUT2D eigenvalue weighted by Gasteiger charge is -1.95. The maximum Gasteiger partial charge on any atom is 0.165 e. The molecule has 1 aromatic rings. The average Bonchev–Trinajstić information content (AvgIpc) is 2.07. The summed E-state index contributed by atoms with van der Waals surface area (Å²) in [5.74, 6) is -1.02. The summed E-state index contributed by atoms with van der Waals surface area (Å²) >= 11 is 0. The highest BCUT2D eigenvalue weighted by Crippen LogP contribution is 2.16. The SMILES string of the molecule is OCC=Cc1ccc(O)c(F)c1. The normalized spacial score (nSPS) is 10.8. The highest BCUT2D eigenvalue weighted by molar-refractivity contribution is 5.50. The minimum Gasteiger partial charge on any atom is -0.505 e. The molecule has 0 aliphatic heterocycles. The van der Waals surface area contributed by atoms with Crippen molar-refractivity contribution in [3.63, 3.8) is 0 Å². The van der Waals surface area contributed by atoms with Gasteiger partial charge in [-0.2, -0.15) is 0 Å². The number of phenolic OH excluding ortho intramolecular Hbond substituents is 1. The van der Waals surface area contributed by atoms with Crippen molar-refractivity contribution in [2.75, 3.05) is 6.61 Å². The lowest BCUT2D eigenvalue weighted by molar-refractivity contribution is 0.343. The second-order valence-corrected chi connectivity index (χ2v) is 2.30. The number of hydrogen-bond acceptors (Lipinski definition) is 2. The van der Waals surface area contributed by atoms with Crippen molar-refractivity contribution in [2.24, 2.45) is 0 Å². The summed E-state index contributed by atoms with van der Waals surface area (Å²) in [7, 11) is 0. The quantitative estimate of drug-likeness (QED) is 0.703. The summed E-state index contributed by atoms with van der Waals surface area (Å²) in [5.41, 5.74) is 0.611. The molecule has 2 N–H and O–H groups in total. The molecule has 64 valence electrons. The minimum absolute atomic E-state index is 0.0809. The number of rotatable bonds is 2. The Labute approximate surface area is 69.6 Å². The minimum atomic E-state index is -0.657. The van der Waals surface area contributed by atoms with E-state index in [1.165, 1.54) is 18.2 Å². The summed E-state index contributed by atoms with van der Waals surface area (Å²) in [6, 6.07) is 4.03. The third-order valence-electron chi connectivity index (χ3n) is 1.39. The van der Waals surface area contributed by atoms with Crippen molar-refractivity contribution in [1.82, 2.24) is 0 Å². The van der Waals surface area contributed by atoms with Crippen molar-refractivity contribution < 1.29 is 14.6 Å². The standard InChI is InChI=1S/C9H9FO2/c10-8-6-7(2-1-5-11)3-4-9(8)12/h1-4,6,11-12H,5H2. The zero-order chi connectivity index (χ0) is 8.97. The van der Waals surface area contributed by atoms with Gasteiger partial charge < -0.3 is 10.2 Å². The second kappa shape index (κ2) is 3.88. The molecule has 1 aromatic carbocycles. The molecule has 0 aliphatic carbocycles. The smallest absolute Gasteiger partial charge is 0.165 e. The van der Waals surface area contributed by atoms with Crippen molar-refractivity contribution >= 4 is 6.08 Å². The molecule has 0 aliphatic rings. The van der Waals surface area contributed by atoms with Gasteiger partial charge in [0, 0.05) is 0 Å². The third-order valence-corrected chi connectivity index (χ3v) is 1.39. The number of aliphatic hydroxyl groups excluding tert-OH is 1. The van der Waals surface area contributed by atoms with Gasteiger partial charge in [0.05, 0.1) is 6.61 Å². The fourth-order valence-electron chi connectivity index (χ4n) is 0.816. The molecule has 2 nitrogen and oxygen atoms in total. The van der Waals surface area contributed by atoms with Crippen molar-refractivity contribution in [3.8, 4) is 5.75 Å². The Balaban J connectivity index is 2.89. The van der Waals surface area contributed by atoms with Crippen LogP contribution in [-0.4, -0.2) is 16.8 Å². The predicted octanol–water partition coefficient (Wildman–Crippen LogP) is 1.54. The lowest BCUT2D eigenvalue weighted by atomic mass is 10.2. The Bertz CT molecular complexity index is 295. The van der Waals surface area contributed by atoms with Crippen molar-refractivity contribution in [3.05, 3.63) is 35.7 Å². The molecule has 0 unspecified atom stereocenters. The Hall–Kier alpha value is -1.35. The van der Waals surface area contributed by atoms with E-state index in [0.717, 1.165) is 0 Å². The predicted molar refractivity (Wildman–Crippen MR) is 44.2 cm³/mol. The molecule has 0 atom stereocenters. The fraction of sp³-hybridized carbons (Fsp3) is 0.111. The summed E-state index contributed by atoms with van der Waals surface area (Å²) in [6.07, 6.45) is 3.06. The summed E-state index contributed by atoms with van der Waals surface area (Å²) in [5, 5.41) is 17.2. The molecule has 1 rings (SSSR count). The van der Waals surface area contributed by atoms with Crippen molar-refractivity contribution in [2.45, 2.75) is 0 Å². The van der Waals surface area contributed by atoms with Gasteiger partial charge in [-0.3, -0.25) is 0 Å². The van der Waals surface area contributed by atoms with Gasteiger partial charge in [-0.1, -0.05) is 18.2 Å². The van der Waals surface area contributed by atoms with E-state index in [2.05, 4.69) is 0 Å². The Morgan fingerprint density at radius 3 is 2.75 bits per heavy atom. The van der Waals surface area contributed by atoms with Gasteiger partial charge in [-0.05, 0) is 17.7 Å². The molecule has 0 saturated carbocycles. The monoisotopic (exact) mass is 168 g/mol. The number of phenols is 1. The van der Waals surface area contributed by atoms with Crippen LogP contribution in [0.4, 0.5) is 4.39 Å². The van der Waals surface area contributed by atoms with E-state index in [9.17, 15) is 4.39 Å². The molecule has 0 fully saturated rings. The molecular formula is C9H9FO2. The van der Waals surface area contributed by atoms with Crippen LogP contribution in [0.25, 0.3) is 6.08 Å². The van der Waals surface area contributed by atoms with Crippen LogP contribution < -0.4 is 0 Å².